The third kappa shape index (κ3) is 5.43. The minimum Gasteiger partial charge on any atom is -0.464 e. The zero-order valence-electron chi connectivity index (χ0n) is 13.2. The van der Waals surface area contributed by atoms with Gasteiger partial charge in [0.2, 0.25) is 0 Å². The van der Waals surface area contributed by atoms with Gasteiger partial charge in [-0.2, -0.15) is 0 Å². The fourth-order valence-electron chi connectivity index (χ4n) is 1.67. The Bertz CT molecular complexity index is 455. The number of carbonyl (C=O) groups is 2. The lowest BCUT2D eigenvalue weighted by molar-refractivity contribution is -0.144. The van der Waals surface area contributed by atoms with Crippen molar-refractivity contribution in [2.45, 2.75) is 47.6 Å². The molecule has 4 nitrogen and oxygen atoms in total. The van der Waals surface area contributed by atoms with Crippen LogP contribution in [0, 0.1) is 13.8 Å². The Kier molecular flexibility index (Phi) is 8.29. The molecule has 1 N–H and O–H groups in total. The van der Waals surface area contributed by atoms with Gasteiger partial charge in [0.15, 0.2) is 0 Å². The lowest BCUT2D eigenvalue weighted by atomic mass is 10.0. The molecule has 1 atom stereocenters. The van der Waals surface area contributed by atoms with E-state index in [0.717, 1.165) is 11.1 Å². The van der Waals surface area contributed by atoms with Gasteiger partial charge in [0, 0.05) is 5.56 Å². The van der Waals surface area contributed by atoms with Crippen LogP contribution in [-0.2, 0) is 9.53 Å². The molecule has 20 heavy (non-hydrogen) atoms. The van der Waals surface area contributed by atoms with Crippen molar-refractivity contribution in [1.82, 2.24) is 5.32 Å². The van der Waals surface area contributed by atoms with Gasteiger partial charge in [-0.3, -0.25) is 4.79 Å². The van der Waals surface area contributed by atoms with Crippen LogP contribution in [0.1, 0.15) is 49.2 Å². The summed E-state index contributed by atoms with van der Waals surface area (Å²) >= 11 is 0. The molecule has 0 aliphatic carbocycles. The Hall–Kier alpha value is -1.84. The molecule has 1 rings (SSSR count). The molecule has 0 bridgehead atoms. The fourth-order valence-corrected chi connectivity index (χ4v) is 1.67. The summed E-state index contributed by atoms with van der Waals surface area (Å²) in [5, 5.41) is 2.63. The first kappa shape index (κ1) is 18.2. The van der Waals surface area contributed by atoms with E-state index in [-0.39, 0.29) is 5.91 Å². The smallest absolute Gasteiger partial charge is 0.328 e. The molecule has 0 saturated carbocycles. The number of benzene rings is 1. The van der Waals surface area contributed by atoms with Crippen LogP contribution in [-0.4, -0.2) is 24.5 Å². The van der Waals surface area contributed by atoms with E-state index < -0.39 is 12.0 Å². The SMILES string of the molecule is CC.CCOC(=O)C(C)NC(=O)c1ccc(C)cc1C. The van der Waals surface area contributed by atoms with Gasteiger partial charge in [0.05, 0.1) is 6.61 Å². The largest absolute Gasteiger partial charge is 0.464 e. The van der Waals surface area contributed by atoms with E-state index in [1.54, 1.807) is 19.9 Å². The van der Waals surface area contributed by atoms with E-state index in [4.69, 9.17) is 4.74 Å². The molecule has 0 saturated heterocycles. The van der Waals surface area contributed by atoms with Gasteiger partial charge < -0.3 is 10.1 Å². The van der Waals surface area contributed by atoms with Crippen molar-refractivity contribution in [2.75, 3.05) is 6.61 Å². The average molecular weight is 279 g/mol. The zero-order valence-corrected chi connectivity index (χ0v) is 13.2. The van der Waals surface area contributed by atoms with Crippen LogP contribution in [0.4, 0.5) is 0 Å². The highest BCUT2D eigenvalue weighted by atomic mass is 16.5. The molecule has 1 aromatic carbocycles. The highest BCUT2D eigenvalue weighted by Crippen LogP contribution is 2.10. The first-order valence-corrected chi connectivity index (χ1v) is 7.00. The molecule has 0 aromatic heterocycles. The summed E-state index contributed by atoms with van der Waals surface area (Å²) in [7, 11) is 0. The first-order valence-electron chi connectivity index (χ1n) is 7.00. The number of esters is 1. The number of hydrogen-bond acceptors (Lipinski definition) is 3. The van der Waals surface area contributed by atoms with Gasteiger partial charge >= 0.3 is 5.97 Å². The Labute approximate surface area is 121 Å². The zero-order chi connectivity index (χ0) is 15.7. The molecule has 0 aliphatic heterocycles. The van der Waals surface area contributed by atoms with Gasteiger partial charge in [-0.25, -0.2) is 4.79 Å². The number of rotatable bonds is 4. The van der Waals surface area contributed by atoms with Gasteiger partial charge in [-0.1, -0.05) is 31.5 Å². The topological polar surface area (TPSA) is 55.4 Å². The van der Waals surface area contributed by atoms with Crippen molar-refractivity contribution in [3.05, 3.63) is 34.9 Å². The Balaban J connectivity index is 0.00000172. The predicted octanol–water partition coefficient (Wildman–Crippen LogP) is 3.01. The van der Waals surface area contributed by atoms with Crippen LogP contribution in [0.15, 0.2) is 18.2 Å². The predicted molar refractivity (Wildman–Crippen MR) is 80.8 cm³/mol. The number of carbonyl (C=O) groups excluding carboxylic acids is 2. The van der Waals surface area contributed by atoms with E-state index in [9.17, 15) is 9.59 Å². The Morgan fingerprint density at radius 3 is 2.35 bits per heavy atom. The van der Waals surface area contributed by atoms with Crippen molar-refractivity contribution in [2.24, 2.45) is 0 Å². The summed E-state index contributed by atoms with van der Waals surface area (Å²) in [4.78, 5) is 23.4. The van der Waals surface area contributed by atoms with Crippen molar-refractivity contribution in [3.63, 3.8) is 0 Å². The normalized spacial score (nSPS) is 10.9. The van der Waals surface area contributed by atoms with Gasteiger partial charge in [-0.15, -0.1) is 0 Å². The summed E-state index contributed by atoms with van der Waals surface area (Å²) in [5.41, 5.74) is 2.57. The number of nitrogens with one attached hydrogen (secondary N) is 1. The number of amides is 1. The summed E-state index contributed by atoms with van der Waals surface area (Å²) in [6.07, 6.45) is 0. The minimum absolute atomic E-state index is 0.256. The first-order chi connectivity index (χ1) is 9.45. The molecule has 4 heteroatoms. The summed E-state index contributed by atoms with van der Waals surface area (Å²) in [6, 6.07) is 4.93. The van der Waals surface area contributed by atoms with Crippen LogP contribution >= 0.6 is 0 Å². The number of hydrogen-bond donors (Lipinski definition) is 1. The average Bonchev–Trinajstić information content (AvgIpc) is 2.41. The molecule has 1 unspecified atom stereocenters. The van der Waals surface area contributed by atoms with E-state index in [1.807, 2.05) is 39.8 Å². The van der Waals surface area contributed by atoms with Crippen molar-refractivity contribution >= 4 is 11.9 Å². The van der Waals surface area contributed by atoms with Crippen LogP contribution in [0.25, 0.3) is 0 Å². The van der Waals surface area contributed by atoms with Gasteiger partial charge in [0.1, 0.15) is 6.04 Å². The van der Waals surface area contributed by atoms with Crippen LogP contribution in [0.2, 0.25) is 0 Å². The van der Waals surface area contributed by atoms with Crippen LogP contribution in [0.3, 0.4) is 0 Å². The third-order valence-electron chi connectivity index (χ3n) is 2.61. The molecule has 0 fully saturated rings. The molecule has 0 heterocycles. The molecular weight excluding hydrogens is 254 g/mol. The van der Waals surface area contributed by atoms with E-state index in [0.29, 0.717) is 12.2 Å². The van der Waals surface area contributed by atoms with Gasteiger partial charge in [-0.05, 0) is 39.3 Å². The second-order valence-corrected chi connectivity index (χ2v) is 4.27. The highest BCUT2D eigenvalue weighted by Gasteiger charge is 2.18. The van der Waals surface area contributed by atoms with Crippen LogP contribution < -0.4 is 5.32 Å². The Morgan fingerprint density at radius 2 is 1.85 bits per heavy atom. The van der Waals surface area contributed by atoms with E-state index in [1.165, 1.54) is 0 Å². The number of aryl methyl sites for hydroxylation is 2. The Morgan fingerprint density at radius 1 is 1.25 bits per heavy atom. The third-order valence-corrected chi connectivity index (χ3v) is 2.61. The second-order valence-electron chi connectivity index (χ2n) is 4.27. The number of ether oxygens (including phenoxy) is 1. The van der Waals surface area contributed by atoms with E-state index >= 15 is 0 Å². The summed E-state index contributed by atoms with van der Waals surface area (Å²) in [5.74, 6) is -0.677. The van der Waals surface area contributed by atoms with E-state index in [2.05, 4.69) is 5.32 Å². The second kappa shape index (κ2) is 9.13. The fraction of sp³-hybridized carbons (Fsp3) is 0.500. The van der Waals surface area contributed by atoms with Gasteiger partial charge in [0.25, 0.3) is 5.91 Å². The van der Waals surface area contributed by atoms with Crippen molar-refractivity contribution in [1.29, 1.82) is 0 Å². The highest BCUT2D eigenvalue weighted by molar-refractivity contribution is 5.97. The van der Waals surface area contributed by atoms with Crippen molar-refractivity contribution in [3.8, 4) is 0 Å². The summed E-state index contributed by atoms with van der Waals surface area (Å²) in [6.45, 7) is 11.5. The maximum atomic E-state index is 12.0. The van der Waals surface area contributed by atoms with Crippen molar-refractivity contribution < 1.29 is 14.3 Å². The lowest BCUT2D eigenvalue weighted by Crippen LogP contribution is -2.39. The molecule has 112 valence electrons. The molecule has 0 radical (unpaired) electrons. The standard InChI is InChI=1S/C14H19NO3.C2H6/c1-5-18-14(17)11(4)15-13(16)12-7-6-9(2)8-10(12)3;1-2/h6-8,11H,5H2,1-4H3,(H,15,16);1-2H3. The molecule has 0 aliphatic rings. The van der Waals surface area contributed by atoms with Crippen LogP contribution in [0.5, 0.6) is 0 Å². The molecule has 1 aromatic rings. The monoisotopic (exact) mass is 279 g/mol. The molecular formula is C16H25NO3. The minimum atomic E-state index is -0.641. The lowest BCUT2D eigenvalue weighted by Gasteiger charge is -2.13. The molecule has 1 amide bonds. The maximum Gasteiger partial charge on any atom is 0.328 e. The maximum absolute atomic E-state index is 12.0. The molecule has 0 spiro atoms. The summed E-state index contributed by atoms with van der Waals surface area (Å²) < 4.78 is 4.84. The quantitative estimate of drug-likeness (QED) is 0.862.